The minimum atomic E-state index is -0.0356. The second kappa shape index (κ2) is 3.73. The highest BCUT2D eigenvalue weighted by Gasteiger charge is 2.53. The Morgan fingerprint density at radius 1 is 0.889 bits per heavy atom. The fourth-order valence-electron chi connectivity index (χ4n) is 5.00. The second-order valence-electron chi connectivity index (χ2n) is 8.85. The van der Waals surface area contributed by atoms with Crippen molar-refractivity contribution < 1.29 is 4.74 Å². The lowest BCUT2D eigenvalue weighted by molar-refractivity contribution is -0.211. The summed E-state index contributed by atoms with van der Waals surface area (Å²) in [5.74, 6) is 0. The third-order valence-electron chi connectivity index (χ3n) is 5.34. The number of ether oxygens (including phenoxy) is 1. The molecular formula is C16H29NO. The Kier molecular flexibility index (Phi) is 2.68. The van der Waals surface area contributed by atoms with E-state index in [-0.39, 0.29) is 5.72 Å². The van der Waals surface area contributed by atoms with Gasteiger partial charge in [-0.15, -0.1) is 0 Å². The second-order valence-corrected chi connectivity index (χ2v) is 8.85. The Balaban J connectivity index is 1.75. The fourth-order valence-corrected chi connectivity index (χ4v) is 5.00. The third kappa shape index (κ3) is 2.22. The number of hydrogen-bond acceptors (Lipinski definition) is 2. The van der Waals surface area contributed by atoms with Gasteiger partial charge in [0.2, 0.25) is 0 Å². The molecule has 3 rings (SSSR count). The van der Waals surface area contributed by atoms with Gasteiger partial charge in [0.15, 0.2) is 0 Å². The van der Waals surface area contributed by atoms with E-state index in [0.717, 1.165) is 6.61 Å². The summed E-state index contributed by atoms with van der Waals surface area (Å²) in [6.07, 6.45) is 7.76. The molecule has 0 atom stereocenters. The summed E-state index contributed by atoms with van der Waals surface area (Å²) < 4.78 is 6.42. The van der Waals surface area contributed by atoms with Crippen molar-refractivity contribution in [3.63, 3.8) is 0 Å². The van der Waals surface area contributed by atoms with E-state index in [2.05, 4.69) is 33.0 Å². The highest BCUT2D eigenvalue weighted by atomic mass is 16.5. The molecule has 1 N–H and O–H groups in total. The van der Waals surface area contributed by atoms with Gasteiger partial charge in [-0.1, -0.05) is 34.1 Å². The quantitative estimate of drug-likeness (QED) is 0.708. The Morgan fingerprint density at radius 2 is 1.50 bits per heavy atom. The number of nitrogens with one attached hydrogen (secondary N) is 1. The monoisotopic (exact) mass is 251 g/mol. The van der Waals surface area contributed by atoms with Crippen molar-refractivity contribution in [3.8, 4) is 0 Å². The van der Waals surface area contributed by atoms with Crippen molar-refractivity contribution in [3.05, 3.63) is 0 Å². The molecule has 0 radical (unpaired) electrons. The van der Waals surface area contributed by atoms with Gasteiger partial charge < -0.3 is 4.74 Å². The standard InChI is InChI=1S/C16H29NO/c1-13(2)8-14(3,4)10-16(9-13)17-11-15(12-18-16)6-5-7-15/h17H,5-12H2,1-4H3. The fraction of sp³-hybridized carbons (Fsp3) is 1.00. The van der Waals surface area contributed by atoms with Crippen LogP contribution in [-0.2, 0) is 4.74 Å². The van der Waals surface area contributed by atoms with E-state index >= 15 is 0 Å². The van der Waals surface area contributed by atoms with E-state index in [1.54, 1.807) is 0 Å². The maximum Gasteiger partial charge on any atom is 0.120 e. The molecular weight excluding hydrogens is 222 g/mol. The van der Waals surface area contributed by atoms with E-state index in [1.165, 1.54) is 45.1 Å². The first-order valence-electron chi connectivity index (χ1n) is 7.63. The highest BCUT2D eigenvalue weighted by molar-refractivity contribution is 5.03. The van der Waals surface area contributed by atoms with Crippen LogP contribution in [-0.4, -0.2) is 18.9 Å². The van der Waals surface area contributed by atoms with Gasteiger partial charge in [-0.25, -0.2) is 0 Å². The van der Waals surface area contributed by atoms with Crippen LogP contribution in [0.15, 0.2) is 0 Å². The molecule has 3 fully saturated rings. The Morgan fingerprint density at radius 3 is 1.89 bits per heavy atom. The Hall–Kier alpha value is -0.0800. The summed E-state index contributed by atoms with van der Waals surface area (Å²) in [5, 5.41) is 3.82. The third-order valence-corrected chi connectivity index (χ3v) is 5.34. The topological polar surface area (TPSA) is 21.3 Å². The molecule has 0 unspecified atom stereocenters. The van der Waals surface area contributed by atoms with Crippen molar-refractivity contribution in [1.82, 2.24) is 5.32 Å². The largest absolute Gasteiger partial charge is 0.360 e. The molecule has 2 saturated carbocycles. The van der Waals surface area contributed by atoms with Gasteiger partial charge in [-0.2, -0.15) is 0 Å². The predicted octanol–water partition coefficient (Wildman–Crippen LogP) is 3.71. The number of rotatable bonds is 0. The maximum atomic E-state index is 6.42. The zero-order valence-electron chi connectivity index (χ0n) is 12.6. The molecule has 1 aliphatic heterocycles. The molecule has 0 aromatic heterocycles. The first kappa shape index (κ1) is 12.9. The van der Waals surface area contributed by atoms with Gasteiger partial charge in [0, 0.05) is 12.0 Å². The van der Waals surface area contributed by atoms with Crippen LogP contribution >= 0.6 is 0 Å². The number of hydrogen-bond donors (Lipinski definition) is 1. The van der Waals surface area contributed by atoms with Crippen LogP contribution in [0.3, 0.4) is 0 Å². The van der Waals surface area contributed by atoms with Crippen LogP contribution in [0.2, 0.25) is 0 Å². The van der Waals surface area contributed by atoms with Crippen LogP contribution < -0.4 is 5.32 Å². The van der Waals surface area contributed by atoms with Crippen molar-refractivity contribution in [2.24, 2.45) is 16.2 Å². The molecule has 1 heterocycles. The maximum absolute atomic E-state index is 6.42. The SMILES string of the molecule is CC1(C)CC(C)(C)CC2(C1)NCC1(CCC1)CO2. The molecule has 2 nitrogen and oxygen atoms in total. The van der Waals surface area contributed by atoms with E-state index in [0.29, 0.717) is 16.2 Å². The van der Waals surface area contributed by atoms with Gasteiger partial charge in [-0.05, 0) is 42.9 Å². The van der Waals surface area contributed by atoms with Crippen LogP contribution in [0.25, 0.3) is 0 Å². The average Bonchev–Trinajstić information content (AvgIpc) is 2.10. The summed E-state index contributed by atoms with van der Waals surface area (Å²) in [6, 6.07) is 0. The molecule has 0 amide bonds. The van der Waals surface area contributed by atoms with E-state index in [9.17, 15) is 0 Å². The van der Waals surface area contributed by atoms with Crippen molar-refractivity contribution in [2.75, 3.05) is 13.2 Å². The highest BCUT2D eigenvalue weighted by Crippen LogP contribution is 2.53. The smallest absolute Gasteiger partial charge is 0.120 e. The lowest BCUT2D eigenvalue weighted by Crippen LogP contribution is -2.64. The van der Waals surface area contributed by atoms with E-state index in [1.807, 2.05) is 0 Å². The van der Waals surface area contributed by atoms with Crippen LogP contribution in [0.5, 0.6) is 0 Å². The van der Waals surface area contributed by atoms with Crippen LogP contribution in [0.1, 0.15) is 66.2 Å². The first-order chi connectivity index (χ1) is 8.24. The summed E-state index contributed by atoms with van der Waals surface area (Å²) in [6.45, 7) is 11.8. The average molecular weight is 251 g/mol. The molecule has 2 spiro atoms. The van der Waals surface area contributed by atoms with Crippen molar-refractivity contribution in [1.29, 1.82) is 0 Å². The zero-order chi connectivity index (χ0) is 13.1. The molecule has 3 aliphatic rings. The van der Waals surface area contributed by atoms with E-state index in [4.69, 9.17) is 4.74 Å². The molecule has 1 saturated heterocycles. The van der Waals surface area contributed by atoms with E-state index < -0.39 is 0 Å². The zero-order valence-corrected chi connectivity index (χ0v) is 12.6. The van der Waals surface area contributed by atoms with Crippen LogP contribution in [0, 0.1) is 16.2 Å². The summed E-state index contributed by atoms with van der Waals surface area (Å²) in [4.78, 5) is 0. The van der Waals surface area contributed by atoms with Gasteiger partial charge in [0.25, 0.3) is 0 Å². The van der Waals surface area contributed by atoms with Crippen molar-refractivity contribution >= 4 is 0 Å². The molecule has 2 aliphatic carbocycles. The van der Waals surface area contributed by atoms with Crippen molar-refractivity contribution in [2.45, 2.75) is 71.9 Å². The van der Waals surface area contributed by atoms with Gasteiger partial charge >= 0.3 is 0 Å². The Bertz CT molecular complexity index is 313. The molecule has 0 bridgehead atoms. The molecule has 18 heavy (non-hydrogen) atoms. The Labute approximate surface area is 112 Å². The molecule has 0 aromatic rings. The molecule has 0 aromatic carbocycles. The first-order valence-corrected chi connectivity index (χ1v) is 7.63. The van der Waals surface area contributed by atoms with Gasteiger partial charge in [0.1, 0.15) is 5.72 Å². The molecule has 2 heteroatoms. The predicted molar refractivity (Wildman–Crippen MR) is 74.4 cm³/mol. The minimum Gasteiger partial charge on any atom is -0.360 e. The normalized spacial score (nSPS) is 35.3. The lowest BCUT2D eigenvalue weighted by atomic mass is 9.60. The van der Waals surface area contributed by atoms with Gasteiger partial charge in [0.05, 0.1) is 6.61 Å². The minimum absolute atomic E-state index is 0.0356. The summed E-state index contributed by atoms with van der Waals surface area (Å²) in [7, 11) is 0. The van der Waals surface area contributed by atoms with Crippen LogP contribution in [0.4, 0.5) is 0 Å². The molecule has 104 valence electrons. The lowest BCUT2D eigenvalue weighted by Gasteiger charge is -2.58. The summed E-state index contributed by atoms with van der Waals surface area (Å²) in [5.41, 5.74) is 1.24. The van der Waals surface area contributed by atoms with Gasteiger partial charge in [-0.3, -0.25) is 5.32 Å². The summed E-state index contributed by atoms with van der Waals surface area (Å²) >= 11 is 0.